The minimum atomic E-state index is 0.0108. The van der Waals surface area contributed by atoms with E-state index in [1.54, 1.807) is 51.9 Å². The molecule has 1 aliphatic rings. The van der Waals surface area contributed by atoms with Crippen LogP contribution in [0.3, 0.4) is 0 Å². The van der Waals surface area contributed by atoms with E-state index in [4.69, 9.17) is 4.74 Å². The molecule has 0 saturated carbocycles. The Bertz CT molecular complexity index is 1370. The van der Waals surface area contributed by atoms with Crippen LogP contribution in [0, 0.1) is 11.3 Å². The molecule has 0 aliphatic carbocycles. The second-order valence-electron chi connectivity index (χ2n) is 7.97. The van der Waals surface area contributed by atoms with Gasteiger partial charge in [-0.05, 0) is 25.1 Å². The van der Waals surface area contributed by atoms with Crippen LogP contribution < -0.4 is 15.0 Å². The highest BCUT2D eigenvalue weighted by atomic mass is 16.5. The maximum Gasteiger partial charge on any atom is 0.241 e. The molecule has 1 saturated heterocycles. The van der Waals surface area contributed by atoms with E-state index in [2.05, 4.69) is 21.6 Å². The third-order valence-corrected chi connectivity index (χ3v) is 5.65. The maximum atomic E-state index is 12.5. The average molecular weight is 454 g/mol. The smallest absolute Gasteiger partial charge is 0.241 e. The van der Waals surface area contributed by atoms with Crippen LogP contribution in [0.5, 0.6) is 11.6 Å². The lowest BCUT2D eigenvalue weighted by molar-refractivity contribution is -0.117. The number of benzene rings is 2. The molecule has 0 unspecified atom stereocenters. The number of aromatic nitrogens is 4. The molecule has 34 heavy (non-hydrogen) atoms. The van der Waals surface area contributed by atoms with Gasteiger partial charge in [-0.2, -0.15) is 15.5 Å². The quantitative estimate of drug-likeness (QED) is 0.498. The molecular formula is C25H23N7O2. The summed E-state index contributed by atoms with van der Waals surface area (Å²) in [6, 6.07) is 19.0. The van der Waals surface area contributed by atoms with Gasteiger partial charge in [0, 0.05) is 31.3 Å². The topological polar surface area (TPSA) is 101 Å². The van der Waals surface area contributed by atoms with Gasteiger partial charge in [0.15, 0.2) is 5.75 Å². The minimum absolute atomic E-state index is 0.0108. The van der Waals surface area contributed by atoms with Gasteiger partial charge in [0.1, 0.15) is 5.69 Å². The van der Waals surface area contributed by atoms with Crippen molar-refractivity contribution in [1.82, 2.24) is 24.9 Å². The lowest BCUT2D eigenvalue weighted by Crippen LogP contribution is -2.34. The van der Waals surface area contributed by atoms with Gasteiger partial charge in [0.2, 0.25) is 11.8 Å². The maximum absolute atomic E-state index is 12.5. The van der Waals surface area contributed by atoms with Gasteiger partial charge < -0.3 is 15.0 Å². The van der Waals surface area contributed by atoms with Crippen molar-refractivity contribution in [2.75, 3.05) is 24.5 Å². The highest BCUT2D eigenvalue weighted by Crippen LogP contribution is 2.32. The van der Waals surface area contributed by atoms with Crippen molar-refractivity contribution in [3.05, 3.63) is 72.6 Å². The van der Waals surface area contributed by atoms with E-state index in [1.165, 1.54) is 0 Å². The number of aryl methyl sites for hydroxylation is 1. The van der Waals surface area contributed by atoms with Gasteiger partial charge in [-0.15, -0.1) is 0 Å². The van der Waals surface area contributed by atoms with Gasteiger partial charge in [-0.3, -0.25) is 4.79 Å². The number of carbonyl (C=O) groups is 1. The Morgan fingerprint density at radius 2 is 2.00 bits per heavy atom. The van der Waals surface area contributed by atoms with Crippen molar-refractivity contribution < 1.29 is 9.53 Å². The first kappa shape index (κ1) is 21.4. The number of hydrogen-bond donors (Lipinski definition) is 1. The molecule has 0 radical (unpaired) electrons. The Balaban J connectivity index is 1.48. The van der Waals surface area contributed by atoms with Crippen LogP contribution in [0.25, 0.3) is 16.9 Å². The monoisotopic (exact) mass is 453 g/mol. The number of nitrogens with zero attached hydrogens (tertiary/aromatic N) is 6. The van der Waals surface area contributed by atoms with Crippen LogP contribution >= 0.6 is 0 Å². The molecule has 9 nitrogen and oxygen atoms in total. The number of amides is 1. The molecule has 0 bridgehead atoms. The summed E-state index contributed by atoms with van der Waals surface area (Å²) in [5, 5.41) is 21.6. The van der Waals surface area contributed by atoms with Crippen molar-refractivity contribution in [3.8, 4) is 34.6 Å². The summed E-state index contributed by atoms with van der Waals surface area (Å²) < 4.78 is 9.55. The van der Waals surface area contributed by atoms with Crippen LogP contribution in [0.1, 0.15) is 12.0 Å². The number of nitrogens with one attached hydrogen (secondary N) is 1. The summed E-state index contributed by atoms with van der Waals surface area (Å²) in [6.07, 6.45) is 4.34. The van der Waals surface area contributed by atoms with Crippen LogP contribution in [-0.4, -0.2) is 45.1 Å². The summed E-state index contributed by atoms with van der Waals surface area (Å²) in [6.45, 7) is 1.74. The molecule has 4 aromatic rings. The molecule has 2 aromatic carbocycles. The zero-order chi connectivity index (χ0) is 23.5. The fourth-order valence-corrected chi connectivity index (χ4v) is 3.90. The Morgan fingerprint density at radius 1 is 1.15 bits per heavy atom. The number of rotatable bonds is 5. The zero-order valence-corrected chi connectivity index (χ0v) is 18.7. The third kappa shape index (κ3) is 4.27. The predicted octanol–water partition coefficient (Wildman–Crippen LogP) is 3.26. The number of nitriles is 1. The van der Waals surface area contributed by atoms with Crippen molar-refractivity contribution in [2.45, 2.75) is 6.42 Å². The second kappa shape index (κ2) is 9.21. The second-order valence-corrected chi connectivity index (χ2v) is 7.97. The Labute approximate surface area is 196 Å². The zero-order valence-electron chi connectivity index (χ0n) is 18.7. The van der Waals surface area contributed by atoms with E-state index in [0.717, 1.165) is 29.9 Å². The molecule has 3 heterocycles. The molecule has 9 heteroatoms. The fourth-order valence-electron chi connectivity index (χ4n) is 3.90. The normalized spacial score (nSPS) is 14.0. The predicted molar refractivity (Wildman–Crippen MR) is 127 cm³/mol. The van der Waals surface area contributed by atoms with Gasteiger partial charge in [0.25, 0.3) is 0 Å². The van der Waals surface area contributed by atoms with Gasteiger partial charge >= 0.3 is 0 Å². The first-order valence-corrected chi connectivity index (χ1v) is 11.0. The minimum Gasteiger partial charge on any atom is -0.437 e. The first-order valence-electron chi connectivity index (χ1n) is 11.0. The molecule has 0 atom stereocenters. The molecule has 2 aromatic heterocycles. The summed E-state index contributed by atoms with van der Waals surface area (Å²) in [5.41, 5.74) is 3.59. The molecule has 1 N–H and O–H groups in total. The number of hydrogen-bond acceptors (Lipinski definition) is 6. The van der Waals surface area contributed by atoms with Crippen LogP contribution in [0.4, 0.5) is 5.69 Å². The Morgan fingerprint density at radius 3 is 2.82 bits per heavy atom. The van der Waals surface area contributed by atoms with E-state index < -0.39 is 0 Å². The first-order chi connectivity index (χ1) is 16.6. The summed E-state index contributed by atoms with van der Waals surface area (Å²) in [5.74, 6) is 0.994. The summed E-state index contributed by atoms with van der Waals surface area (Å²) >= 11 is 0. The Kier molecular flexibility index (Phi) is 5.81. The van der Waals surface area contributed by atoms with E-state index >= 15 is 0 Å². The van der Waals surface area contributed by atoms with Gasteiger partial charge in [-0.25, -0.2) is 9.36 Å². The lowest BCUT2D eigenvalue weighted by atomic mass is 10.2. The molecule has 1 aliphatic heterocycles. The van der Waals surface area contributed by atoms with E-state index in [-0.39, 0.29) is 5.91 Å². The van der Waals surface area contributed by atoms with Crippen LogP contribution in [0.15, 0.2) is 67.0 Å². The molecule has 170 valence electrons. The van der Waals surface area contributed by atoms with Gasteiger partial charge in [0.05, 0.1) is 42.0 Å². The molecule has 5 rings (SSSR count). The summed E-state index contributed by atoms with van der Waals surface area (Å²) in [7, 11) is 1.81. The molecule has 0 spiro atoms. The highest BCUT2D eigenvalue weighted by molar-refractivity contribution is 5.94. The number of anilines is 1. The molecule has 1 amide bonds. The highest BCUT2D eigenvalue weighted by Gasteiger charge is 2.21. The van der Waals surface area contributed by atoms with E-state index in [9.17, 15) is 10.1 Å². The van der Waals surface area contributed by atoms with E-state index in [0.29, 0.717) is 36.0 Å². The van der Waals surface area contributed by atoms with Crippen molar-refractivity contribution in [3.63, 3.8) is 0 Å². The SMILES string of the molecule is Cn1nc(-c2ccccc2)cc1Oc1cc(C#N)ccc1-n1cc(N2CCCNCC2=O)cn1. The molecule has 1 fully saturated rings. The molecular weight excluding hydrogens is 430 g/mol. The van der Waals surface area contributed by atoms with E-state index in [1.807, 2.05) is 36.4 Å². The van der Waals surface area contributed by atoms with Crippen molar-refractivity contribution in [2.24, 2.45) is 7.05 Å². The van der Waals surface area contributed by atoms with Crippen LogP contribution in [0.2, 0.25) is 0 Å². The van der Waals surface area contributed by atoms with Crippen molar-refractivity contribution >= 4 is 11.6 Å². The number of carbonyl (C=O) groups excluding carboxylic acids is 1. The third-order valence-electron chi connectivity index (χ3n) is 5.65. The standard InChI is InChI=1S/C25H23N7O2/c1-30-25(13-21(29-30)19-6-3-2-4-7-19)34-23-12-18(14-26)8-9-22(23)32-17-20(15-28-32)31-11-5-10-27-16-24(31)33/h2-4,6-9,12-13,15,17,27H,5,10-11,16H2,1H3. The average Bonchev–Trinajstić information content (AvgIpc) is 3.42. The van der Waals surface area contributed by atoms with Crippen molar-refractivity contribution in [1.29, 1.82) is 5.26 Å². The largest absolute Gasteiger partial charge is 0.437 e. The summed E-state index contributed by atoms with van der Waals surface area (Å²) in [4.78, 5) is 14.2. The van der Waals surface area contributed by atoms with Gasteiger partial charge in [-0.1, -0.05) is 30.3 Å². The number of ether oxygens (including phenoxy) is 1. The lowest BCUT2D eigenvalue weighted by Gasteiger charge is -2.17. The fraction of sp³-hybridized carbons (Fsp3) is 0.200. The van der Waals surface area contributed by atoms with Crippen LogP contribution in [-0.2, 0) is 11.8 Å². The Hall–Kier alpha value is -4.42.